The van der Waals surface area contributed by atoms with Gasteiger partial charge in [0.2, 0.25) is 17.4 Å². The number of hydrogen-bond donors (Lipinski definition) is 1. The molecule has 1 atom stereocenters. The van der Waals surface area contributed by atoms with Gasteiger partial charge < -0.3 is 10.2 Å². The minimum absolute atomic E-state index is 0.0422. The Kier molecular flexibility index (Phi) is 5.30. The quantitative estimate of drug-likeness (QED) is 0.367. The molecule has 1 aliphatic rings. The Morgan fingerprint density at radius 1 is 1.33 bits per heavy atom. The second kappa shape index (κ2) is 7.65. The number of para-hydroxylation sites is 1. The van der Waals surface area contributed by atoms with Crippen molar-refractivity contribution < 1.29 is 14.0 Å². The topological polar surface area (TPSA) is 98.2 Å². The first-order chi connectivity index (χ1) is 13.0. The van der Waals surface area contributed by atoms with Crippen LogP contribution in [-0.2, 0) is 16.1 Å². The maximum Gasteiger partial charge on any atom is 0.248 e. The number of hydrogen-bond acceptors (Lipinski definition) is 3. The van der Waals surface area contributed by atoms with Gasteiger partial charge in [-0.05, 0) is 47.8 Å². The smallest absolute Gasteiger partial charge is 0.248 e. The summed E-state index contributed by atoms with van der Waals surface area (Å²) in [5, 5.41) is 6.27. The second-order valence-corrected chi connectivity index (χ2v) is 6.49. The van der Waals surface area contributed by atoms with Crippen LogP contribution in [0.25, 0.3) is 10.4 Å². The van der Waals surface area contributed by atoms with E-state index in [0.29, 0.717) is 11.3 Å². The summed E-state index contributed by atoms with van der Waals surface area (Å²) < 4.78 is 13.4. The van der Waals surface area contributed by atoms with Crippen LogP contribution in [0.2, 0.25) is 5.02 Å². The first kappa shape index (κ1) is 18.7. The lowest BCUT2D eigenvalue weighted by Gasteiger charge is -2.22. The van der Waals surface area contributed by atoms with Crippen LogP contribution < -0.4 is 10.2 Å². The number of azide groups is 1. The highest BCUT2D eigenvalue weighted by Gasteiger charge is 2.52. The summed E-state index contributed by atoms with van der Waals surface area (Å²) in [6.07, 6.45) is 0.0422. The van der Waals surface area contributed by atoms with E-state index in [1.54, 1.807) is 24.3 Å². The van der Waals surface area contributed by atoms with Gasteiger partial charge in [-0.1, -0.05) is 34.9 Å². The van der Waals surface area contributed by atoms with E-state index in [0.717, 1.165) is 6.07 Å². The molecule has 7 nitrogen and oxygen atoms in total. The molecule has 0 aromatic heterocycles. The molecule has 2 amide bonds. The lowest BCUT2D eigenvalue weighted by Crippen LogP contribution is -2.50. The van der Waals surface area contributed by atoms with Gasteiger partial charge in [0.1, 0.15) is 5.82 Å². The normalized spacial score (nSPS) is 18.9. The average Bonchev–Trinajstić information content (AvgIpc) is 2.97. The molecule has 2 aromatic rings. The number of halogens is 2. The minimum atomic E-state index is -1.87. The fourth-order valence-electron chi connectivity index (χ4n) is 3.03. The number of carbonyl (C=O) groups excluding carboxylic acids is 2. The first-order valence-electron chi connectivity index (χ1n) is 8.13. The zero-order valence-corrected chi connectivity index (χ0v) is 14.9. The summed E-state index contributed by atoms with van der Waals surface area (Å²) in [5.74, 6) is -1.87. The number of amides is 2. The van der Waals surface area contributed by atoms with Gasteiger partial charge in [0, 0.05) is 28.7 Å². The van der Waals surface area contributed by atoms with E-state index < -0.39 is 23.2 Å². The fourth-order valence-corrected chi connectivity index (χ4v) is 3.27. The van der Waals surface area contributed by atoms with Crippen molar-refractivity contribution in [1.29, 1.82) is 0 Å². The average molecular weight is 388 g/mol. The van der Waals surface area contributed by atoms with Crippen LogP contribution >= 0.6 is 11.6 Å². The molecule has 0 radical (unpaired) electrons. The van der Waals surface area contributed by atoms with Crippen LogP contribution in [0.15, 0.2) is 53.6 Å². The SMILES string of the molecule is [N-]=[N+]=N[C@]1(C(=O)NCc2cc(F)cc(Cl)c2)CCN(c2ccccc2)C1=O. The molecule has 138 valence electrons. The standard InChI is InChI=1S/C18H15ClFN5O2/c19-13-8-12(9-14(20)10-13)11-22-16(26)18(23-24-21)6-7-25(17(18)27)15-4-2-1-3-5-15/h1-5,8-10H,6-7,11H2,(H,22,26)/t18-/m0/s1. The molecule has 0 saturated carbocycles. The number of nitrogens with zero attached hydrogens (tertiary/aromatic N) is 4. The summed E-state index contributed by atoms with van der Waals surface area (Å²) >= 11 is 5.80. The molecule has 3 rings (SSSR count). The molecule has 1 fully saturated rings. The van der Waals surface area contributed by atoms with Crippen molar-refractivity contribution >= 4 is 29.1 Å². The van der Waals surface area contributed by atoms with E-state index in [1.165, 1.54) is 17.0 Å². The van der Waals surface area contributed by atoms with Crippen LogP contribution in [0.1, 0.15) is 12.0 Å². The monoisotopic (exact) mass is 387 g/mol. The molecule has 1 aliphatic heterocycles. The maximum atomic E-state index is 13.4. The Hall–Kier alpha value is -3.09. The fraction of sp³-hybridized carbons (Fsp3) is 0.222. The van der Waals surface area contributed by atoms with Crippen LogP contribution in [0.5, 0.6) is 0 Å². The van der Waals surface area contributed by atoms with Crippen LogP contribution in [0.4, 0.5) is 10.1 Å². The van der Waals surface area contributed by atoms with Crippen LogP contribution in [-0.4, -0.2) is 23.9 Å². The van der Waals surface area contributed by atoms with Gasteiger partial charge in [0.05, 0.1) is 0 Å². The van der Waals surface area contributed by atoms with E-state index in [9.17, 15) is 14.0 Å². The van der Waals surface area contributed by atoms with E-state index in [-0.39, 0.29) is 24.5 Å². The van der Waals surface area contributed by atoms with E-state index >= 15 is 0 Å². The summed E-state index contributed by atoms with van der Waals surface area (Å²) in [4.78, 5) is 29.8. The molecule has 0 bridgehead atoms. The number of anilines is 1. The lowest BCUT2D eigenvalue weighted by atomic mass is 9.97. The first-order valence-corrected chi connectivity index (χ1v) is 8.50. The highest BCUT2D eigenvalue weighted by atomic mass is 35.5. The molecule has 0 aliphatic carbocycles. The highest BCUT2D eigenvalue weighted by Crippen LogP contribution is 2.32. The highest BCUT2D eigenvalue weighted by molar-refractivity contribution is 6.30. The summed E-state index contributed by atoms with van der Waals surface area (Å²) in [7, 11) is 0. The summed E-state index contributed by atoms with van der Waals surface area (Å²) in [5.41, 5.74) is 8.08. The van der Waals surface area contributed by atoms with Crippen molar-refractivity contribution in [2.45, 2.75) is 18.5 Å². The third-order valence-electron chi connectivity index (χ3n) is 4.33. The largest absolute Gasteiger partial charge is 0.351 e. The van der Waals surface area contributed by atoms with Gasteiger partial charge >= 0.3 is 0 Å². The third-order valence-corrected chi connectivity index (χ3v) is 4.55. The third kappa shape index (κ3) is 3.72. The van der Waals surface area contributed by atoms with Crippen molar-refractivity contribution in [3.63, 3.8) is 0 Å². The molecule has 2 aromatic carbocycles. The molecule has 1 saturated heterocycles. The van der Waals surface area contributed by atoms with E-state index in [1.807, 2.05) is 6.07 Å². The zero-order chi connectivity index (χ0) is 19.4. The zero-order valence-electron chi connectivity index (χ0n) is 14.1. The summed E-state index contributed by atoms with van der Waals surface area (Å²) in [6.45, 7) is 0.179. The maximum absolute atomic E-state index is 13.4. The molecule has 27 heavy (non-hydrogen) atoms. The van der Waals surface area contributed by atoms with Crippen molar-refractivity contribution in [2.75, 3.05) is 11.4 Å². The number of rotatable bonds is 5. The van der Waals surface area contributed by atoms with Gasteiger partial charge in [0.15, 0.2) is 0 Å². The Labute approximate surface area is 159 Å². The van der Waals surface area contributed by atoms with Gasteiger partial charge in [-0.2, -0.15) is 0 Å². The Bertz CT molecular complexity index is 912. The molecular weight excluding hydrogens is 373 g/mol. The molecule has 9 heteroatoms. The van der Waals surface area contributed by atoms with Crippen LogP contribution in [0.3, 0.4) is 0 Å². The Balaban J connectivity index is 1.81. The van der Waals surface area contributed by atoms with Crippen molar-refractivity contribution in [3.05, 3.63) is 75.4 Å². The molecule has 1 N–H and O–H groups in total. The second-order valence-electron chi connectivity index (χ2n) is 6.05. The molecule has 1 heterocycles. The predicted octanol–water partition coefficient (Wildman–Crippen LogP) is 3.58. The minimum Gasteiger partial charge on any atom is -0.351 e. The van der Waals surface area contributed by atoms with E-state index in [2.05, 4.69) is 15.3 Å². The van der Waals surface area contributed by atoms with Crippen molar-refractivity contribution in [1.82, 2.24) is 5.32 Å². The van der Waals surface area contributed by atoms with Gasteiger partial charge in [0.25, 0.3) is 0 Å². The number of carbonyl (C=O) groups is 2. The molecule has 0 spiro atoms. The van der Waals surface area contributed by atoms with Gasteiger partial charge in [-0.3, -0.25) is 9.59 Å². The number of benzene rings is 2. The lowest BCUT2D eigenvalue weighted by molar-refractivity contribution is -0.134. The number of nitrogens with one attached hydrogen (secondary N) is 1. The summed E-state index contributed by atoms with van der Waals surface area (Å²) in [6, 6.07) is 12.7. The Morgan fingerprint density at radius 2 is 2.07 bits per heavy atom. The van der Waals surface area contributed by atoms with Crippen molar-refractivity contribution in [2.24, 2.45) is 5.11 Å². The van der Waals surface area contributed by atoms with Gasteiger partial charge in [-0.15, -0.1) is 0 Å². The van der Waals surface area contributed by atoms with Crippen LogP contribution in [0, 0.1) is 5.82 Å². The van der Waals surface area contributed by atoms with Gasteiger partial charge in [-0.25, -0.2) is 4.39 Å². The predicted molar refractivity (Wildman–Crippen MR) is 98.5 cm³/mol. The molecular formula is C18H15ClFN5O2. The van der Waals surface area contributed by atoms with Crippen molar-refractivity contribution in [3.8, 4) is 0 Å². The van der Waals surface area contributed by atoms with E-state index in [4.69, 9.17) is 17.1 Å². The Morgan fingerprint density at radius 3 is 2.74 bits per heavy atom. The molecule has 0 unspecified atom stereocenters.